The van der Waals surface area contributed by atoms with Crippen molar-refractivity contribution in [3.05, 3.63) is 75.8 Å². The molecular weight excluding hydrogens is 328 g/mol. The third-order valence-corrected chi connectivity index (χ3v) is 4.82. The minimum absolute atomic E-state index is 0.258. The first-order valence-electron chi connectivity index (χ1n) is 8.49. The highest BCUT2D eigenvalue weighted by molar-refractivity contribution is 5.80. The van der Waals surface area contributed by atoms with Crippen molar-refractivity contribution in [2.45, 2.75) is 20.4 Å². The fourth-order valence-corrected chi connectivity index (χ4v) is 3.43. The number of H-pyrrole nitrogens is 1. The molecule has 1 aliphatic heterocycles. The van der Waals surface area contributed by atoms with Crippen LogP contribution in [-0.2, 0) is 6.54 Å². The van der Waals surface area contributed by atoms with Gasteiger partial charge in [0.1, 0.15) is 17.3 Å². The maximum atomic E-state index is 12.4. The van der Waals surface area contributed by atoms with Crippen molar-refractivity contribution < 1.29 is 5.11 Å². The molecule has 0 saturated heterocycles. The number of benzene rings is 2. The molecule has 132 valence electrons. The SMILES string of the molecule is Cc1ccc(N2CN(Cc3ccccc3)c3c2[nH]cnc3=O)c(C)c1O. The lowest BCUT2D eigenvalue weighted by Gasteiger charge is -2.23. The fraction of sp³-hybridized carbons (Fsp3) is 0.200. The molecule has 0 radical (unpaired) electrons. The van der Waals surface area contributed by atoms with E-state index in [2.05, 4.69) is 9.97 Å². The number of nitrogens with zero attached hydrogens (tertiary/aromatic N) is 3. The van der Waals surface area contributed by atoms with Crippen molar-refractivity contribution >= 4 is 17.2 Å². The van der Waals surface area contributed by atoms with Crippen molar-refractivity contribution in [2.24, 2.45) is 0 Å². The standard InChI is InChI=1S/C20H20N4O2/c1-13-8-9-16(14(2)18(13)25)24-12-23(10-15-6-4-3-5-7-15)17-19(24)21-11-22-20(17)26/h3-9,11,25H,10,12H2,1-2H3,(H,21,22,26). The average Bonchev–Trinajstić information content (AvgIpc) is 3.00. The average molecular weight is 348 g/mol. The molecule has 0 bridgehead atoms. The second kappa shape index (κ2) is 6.22. The van der Waals surface area contributed by atoms with Crippen LogP contribution in [0.15, 0.2) is 53.6 Å². The number of aromatic nitrogens is 2. The molecule has 2 heterocycles. The van der Waals surface area contributed by atoms with Crippen LogP contribution in [-0.4, -0.2) is 21.7 Å². The molecule has 0 atom stereocenters. The molecule has 0 aliphatic carbocycles. The van der Waals surface area contributed by atoms with Crippen molar-refractivity contribution in [1.82, 2.24) is 9.97 Å². The lowest BCUT2D eigenvalue weighted by molar-refractivity contribution is 0.467. The van der Waals surface area contributed by atoms with Crippen LogP contribution in [0.25, 0.3) is 0 Å². The fourth-order valence-electron chi connectivity index (χ4n) is 3.43. The van der Waals surface area contributed by atoms with Crippen molar-refractivity contribution in [2.75, 3.05) is 16.5 Å². The second-order valence-electron chi connectivity index (χ2n) is 6.53. The summed E-state index contributed by atoms with van der Waals surface area (Å²) < 4.78 is 0. The van der Waals surface area contributed by atoms with E-state index >= 15 is 0 Å². The number of phenolic OH excluding ortho intramolecular Hbond substituents is 1. The summed E-state index contributed by atoms with van der Waals surface area (Å²) in [6.45, 7) is 4.87. The molecule has 4 rings (SSSR count). The van der Waals surface area contributed by atoms with Gasteiger partial charge in [-0.1, -0.05) is 36.4 Å². The molecule has 0 saturated carbocycles. The van der Waals surface area contributed by atoms with Gasteiger partial charge in [-0.05, 0) is 31.0 Å². The van der Waals surface area contributed by atoms with Gasteiger partial charge >= 0.3 is 0 Å². The quantitative estimate of drug-likeness (QED) is 0.760. The Balaban J connectivity index is 1.79. The van der Waals surface area contributed by atoms with E-state index in [0.717, 1.165) is 22.4 Å². The maximum Gasteiger partial charge on any atom is 0.298 e. The molecule has 0 amide bonds. The van der Waals surface area contributed by atoms with Crippen LogP contribution in [0.3, 0.4) is 0 Å². The number of phenols is 1. The molecule has 0 fully saturated rings. The van der Waals surface area contributed by atoms with Crippen molar-refractivity contribution in [3.63, 3.8) is 0 Å². The minimum Gasteiger partial charge on any atom is -0.507 e. The zero-order valence-corrected chi connectivity index (χ0v) is 14.7. The van der Waals surface area contributed by atoms with Gasteiger partial charge in [0.05, 0.1) is 18.7 Å². The molecule has 2 N–H and O–H groups in total. The van der Waals surface area contributed by atoms with E-state index in [4.69, 9.17) is 0 Å². The summed E-state index contributed by atoms with van der Waals surface area (Å²) in [4.78, 5) is 23.5. The Kier molecular flexibility index (Phi) is 3.88. The molecule has 1 aromatic heterocycles. The van der Waals surface area contributed by atoms with Gasteiger partial charge in [0.25, 0.3) is 5.56 Å². The third-order valence-electron chi connectivity index (χ3n) is 4.82. The third kappa shape index (κ3) is 2.60. The number of anilines is 3. The summed E-state index contributed by atoms with van der Waals surface area (Å²) in [5.41, 5.74) is 3.89. The Hall–Kier alpha value is -3.28. The molecule has 6 heteroatoms. The Morgan fingerprint density at radius 2 is 1.92 bits per heavy atom. The number of aromatic hydroxyl groups is 1. The van der Waals surface area contributed by atoms with Gasteiger partial charge in [0, 0.05) is 12.1 Å². The van der Waals surface area contributed by atoms with Crippen LogP contribution in [0.5, 0.6) is 5.75 Å². The van der Waals surface area contributed by atoms with Gasteiger partial charge in [-0.2, -0.15) is 4.98 Å². The van der Waals surface area contributed by atoms with Gasteiger partial charge in [-0.15, -0.1) is 0 Å². The van der Waals surface area contributed by atoms with Crippen LogP contribution in [0.4, 0.5) is 17.2 Å². The van der Waals surface area contributed by atoms with E-state index < -0.39 is 0 Å². The number of aryl methyl sites for hydroxylation is 1. The monoisotopic (exact) mass is 348 g/mol. The molecule has 26 heavy (non-hydrogen) atoms. The van der Waals surface area contributed by atoms with Crippen molar-refractivity contribution in [1.29, 1.82) is 0 Å². The molecular formula is C20H20N4O2. The highest BCUT2D eigenvalue weighted by Gasteiger charge is 2.31. The zero-order chi connectivity index (χ0) is 18.3. The molecule has 2 aromatic carbocycles. The van der Waals surface area contributed by atoms with Gasteiger partial charge in [-0.3, -0.25) is 4.79 Å². The molecule has 3 aromatic rings. The van der Waals surface area contributed by atoms with Gasteiger partial charge in [-0.25, -0.2) is 0 Å². The summed E-state index contributed by atoms with van der Waals surface area (Å²) >= 11 is 0. The van der Waals surface area contributed by atoms with Crippen LogP contribution < -0.4 is 15.4 Å². The topological polar surface area (TPSA) is 72.5 Å². The maximum absolute atomic E-state index is 12.4. The van der Waals surface area contributed by atoms with Crippen LogP contribution in [0.1, 0.15) is 16.7 Å². The molecule has 0 unspecified atom stereocenters. The number of nitrogens with one attached hydrogen (secondary N) is 1. The van der Waals surface area contributed by atoms with E-state index in [0.29, 0.717) is 24.7 Å². The van der Waals surface area contributed by atoms with E-state index in [-0.39, 0.29) is 11.3 Å². The predicted octanol–water partition coefficient (Wildman–Crippen LogP) is 3.21. The van der Waals surface area contributed by atoms with E-state index in [1.807, 2.05) is 66.1 Å². The first-order chi connectivity index (χ1) is 12.6. The number of rotatable bonds is 3. The normalized spacial score (nSPS) is 13.2. The number of fused-ring (bicyclic) bond motifs is 1. The van der Waals surface area contributed by atoms with Gasteiger partial charge in [0.2, 0.25) is 0 Å². The molecule has 6 nitrogen and oxygen atoms in total. The summed E-state index contributed by atoms with van der Waals surface area (Å²) in [6, 6.07) is 13.9. The Morgan fingerprint density at radius 1 is 1.15 bits per heavy atom. The zero-order valence-electron chi connectivity index (χ0n) is 14.7. The Labute approximate surface area is 151 Å². The summed E-state index contributed by atoms with van der Waals surface area (Å²) in [5.74, 6) is 0.981. The first-order valence-corrected chi connectivity index (χ1v) is 8.49. The molecule has 0 spiro atoms. The van der Waals surface area contributed by atoms with E-state index in [9.17, 15) is 9.90 Å². The highest BCUT2D eigenvalue weighted by atomic mass is 16.3. The van der Waals surface area contributed by atoms with Crippen molar-refractivity contribution in [3.8, 4) is 5.75 Å². The smallest absolute Gasteiger partial charge is 0.298 e. The first kappa shape index (κ1) is 16.2. The van der Waals surface area contributed by atoms with Crippen LogP contribution in [0, 0.1) is 13.8 Å². The molecule has 1 aliphatic rings. The van der Waals surface area contributed by atoms with Crippen LogP contribution in [0.2, 0.25) is 0 Å². The largest absolute Gasteiger partial charge is 0.507 e. The van der Waals surface area contributed by atoms with Gasteiger partial charge in [0.15, 0.2) is 0 Å². The lowest BCUT2D eigenvalue weighted by Crippen LogP contribution is -2.29. The lowest BCUT2D eigenvalue weighted by atomic mass is 10.1. The Morgan fingerprint density at radius 3 is 2.69 bits per heavy atom. The number of hydrogen-bond donors (Lipinski definition) is 2. The minimum atomic E-state index is -0.258. The highest BCUT2D eigenvalue weighted by Crippen LogP contribution is 2.40. The summed E-state index contributed by atoms with van der Waals surface area (Å²) in [5, 5.41) is 10.3. The Bertz CT molecular complexity index is 1010. The van der Waals surface area contributed by atoms with E-state index in [1.165, 1.54) is 6.33 Å². The number of hydrogen-bond acceptors (Lipinski definition) is 5. The summed E-state index contributed by atoms with van der Waals surface area (Å²) in [6.07, 6.45) is 1.42. The number of aromatic amines is 1. The van der Waals surface area contributed by atoms with Gasteiger partial charge < -0.3 is 19.9 Å². The van der Waals surface area contributed by atoms with E-state index in [1.54, 1.807) is 0 Å². The van der Waals surface area contributed by atoms with Crippen LogP contribution >= 0.6 is 0 Å². The predicted molar refractivity (Wildman–Crippen MR) is 102 cm³/mol. The second-order valence-corrected chi connectivity index (χ2v) is 6.53. The summed E-state index contributed by atoms with van der Waals surface area (Å²) in [7, 11) is 0.